The van der Waals surface area contributed by atoms with Gasteiger partial charge in [0.25, 0.3) is 0 Å². The zero-order valence-corrected chi connectivity index (χ0v) is 17.6. The third-order valence-electron chi connectivity index (χ3n) is 8.27. The number of aliphatic carboxylic acids is 1. The van der Waals surface area contributed by atoms with Gasteiger partial charge in [0.1, 0.15) is 10.8 Å². The zero-order chi connectivity index (χ0) is 20.4. The minimum absolute atomic E-state index is 0.0270. The number of rotatable bonds is 4. The van der Waals surface area contributed by atoms with Gasteiger partial charge in [-0.05, 0) is 89.4 Å². The standard InChI is InChI=1S/C21H25BrFN3O3/c22-15-2-1-11(9-25-15)26-18(27)17-16(19(28)29)13-3-5-21(17,20(13)6-7-20)12-4-8-24-10-14(12)23/h1-2,9,12-14,16-17,24H,3-8,10H2,(H,26,27)(H,28,29)/t12?,13-,14?,16-,17+,21-/m1/s1. The third kappa shape index (κ3) is 2.64. The fourth-order valence-electron chi connectivity index (χ4n) is 7.34. The molecule has 1 amide bonds. The first-order valence-corrected chi connectivity index (χ1v) is 11.2. The Morgan fingerprint density at radius 2 is 2.03 bits per heavy atom. The van der Waals surface area contributed by atoms with Crippen molar-refractivity contribution in [2.45, 2.75) is 38.3 Å². The van der Waals surface area contributed by atoms with Crippen LogP contribution in [-0.2, 0) is 9.59 Å². The number of alkyl halides is 1. The molecule has 5 rings (SSSR count). The molecule has 0 aromatic carbocycles. The molecule has 1 spiro atoms. The van der Waals surface area contributed by atoms with Gasteiger partial charge in [0.05, 0.1) is 23.7 Å². The highest BCUT2D eigenvalue weighted by Gasteiger charge is 2.81. The van der Waals surface area contributed by atoms with Gasteiger partial charge < -0.3 is 15.7 Å². The van der Waals surface area contributed by atoms with Crippen molar-refractivity contribution in [1.82, 2.24) is 10.3 Å². The number of nitrogens with one attached hydrogen (secondary N) is 2. The summed E-state index contributed by atoms with van der Waals surface area (Å²) in [6.45, 7) is 1.01. The van der Waals surface area contributed by atoms with Crippen molar-refractivity contribution in [1.29, 1.82) is 0 Å². The number of carbonyl (C=O) groups excluding carboxylic acids is 1. The van der Waals surface area contributed by atoms with Gasteiger partial charge in [-0.1, -0.05) is 0 Å². The molecule has 6 atom stereocenters. The summed E-state index contributed by atoms with van der Waals surface area (Å²) in [4.78, 5) is 30.0. The van der Waals surface area contributed by atoms with Crippen molar-refractivity contribution in [3.05, 3.63) is 22.9 Å². The lowest BCUT2D eigenvalue weighted by atomic mass is 9.57. The van der Waals surface area contributed by atoms with Crippen LogP contribution in [0.4, 0.5) is 10.1 Å². The van der Waals surface area contributed by atoms with Crippen LogP contribution < -0.4 is 10.6 Å². The second-order valence-electron chi connectivity index (χ2n) is 9.16. The lowest BCUT2D eigenvalue weighted by Crippen LogP contribution is -2.54. The van der Waals surface area contributed by atoms with Gasteiger partial charge >= 0.3 is 5.97 Å². The van der Waals surface area contributed by atoms with E-state index in [1.807, 2.05) is 0 Å². The van der Waals surface area contributed by atoms with E-state index in [9.17, 15) is 14.7 Å². The summed E-state index contributed by atoms with van der Waals surface area (Å²) >= 11 is 3.27. The lowest BCUT2D eigenvalue weighted by molar-refractivity contribution is -0.152. The second kappa shape index (κ2) is 6.74. The topological polar surface area (TPSA) is 91.3 Å². The first-order valence-electron chi connectivity index (χ1n) is 10.4. The Balaban J connectivity index is 1.55. The summed E-state index contributed by atoms with van der Waals surface area (Å²) in [5.74, 6) is -2.94. The summed E-state index contributed by atoms with van der Waals surface area (Å²) in [7, 11) is 0. The Morgan fingerprint density at radius 1 is 1.24 bits per heavy atom. The average Bonchev–Trinajstić information content (AvgIpc) is 3.39. The summed E-state index contributed by atoms with van der Waals surface area (Å²) < 4.78 is 15.9. The van der Waals surface area contributed by atoms with Gasteiger partial charge in [-0.3, -0.25) is 9.59 Å². The number of hydrogen-bond donors (Lipinski definition) is 3. The number of nitrogens with zero attached hydrogens (tertiary/aromatic N) is 1. The number of carbonyl (C=O) groups is 2. The van der Waals surface area contributed by atoms with Gasteiger partial charge in [-0.25, -0.2) is 9.37 Å². The largest absolute Gasteiger partial charge is 0.481 e. The first-order chi connectivity index (χ1) is 13.9. The quantitative estimate of drug-likeness (QED) is 0.593. The van der Waals surface area contributed by atoms with Gasteiger partial charge in [-0.2, -0.15) is 0 Å². The maximum atomic E-state index is 15.2. The van der Waals surface area contributed by atoms with Crippen molar-refractivity contribution < 1.29 is 19.1 Å². The number of amides is 1. The number of halogens is 2. The van der Waals surface area contributed by atoms with E-state index in [0.29, 0.717) is 16.7 Å². The Labute approximate surface area is 177 Å². The number of anilines is 1. The van der Waals surface area contributed by atoms with Crippen molar-refractivity contribution in [2.24, 2.45) is 34.5 Å². The van der Waals surface area contributed by atoms with E-state index >= 15 is 4.39 Å². The third-order valence-corrected chi connectivity index (χ3v) is 8.74. The smallest absolute Gasteiger partial charge is 0.307 e. The summed E-state index contributed by atoms with van der Waals surface area (Å²) in [6, 6.07) is 3.47. The van der Waals surface area contributed by atoms with Crippen LogP contribution in [0.3, 0.4) is 0 Å². The molecule has 1 aromatic heterocycles. The van der Waals surface area contributed by atoms with Crippen LogP contribution in [0.2, 0.25) is 0 Å². The molecule has 2 bridgehead atoms. The summed E-state index contributed by atoms with van der Waals surface area (Å²) in [5.41, 5.74) is -0.204. The maximum Gasteiger partial charge on any atom is 0.307 e. The Hall–Kier alpha value is -1.54. The lowest BCUT2D eigenvalue weighted by Gasteiger charge is -2.48. The highest BCUT2D eigenvalue weighted by atomic mass is 79.9. The van der Waals surface area contributed by atoms with Crippen LogP contribution in [0.15, 0.2) is 22.9 Å². The van der Waals surface area contributed by atoms with Crippen molar-refractivity contribution in [2.75, 3.05) is 18.4 Å². The molecule has 3 aliphatic carbocycles. The highest BCUT2D eigenvalue weighted by molar-refractivity contribution is 9.10. The normalized spacial score (nSPS) is 39.4. The van der Waals surface area contributed by atoms with Crippen LogP contribution in [-0.4, -0.2) is 41.2 Å². The van der Waals surface area contributed by atoms with Crippen LogP contribution in [0.1, 0.15) is 32.1 Å². The molecule has 4 aliphatic rings. The van der Waals surface area contributed by atoms with E-state index in [1.54, 1.807) is 18.3 Å². The fourth-order valence-corrected chi connectivity index (χ4v) is 7.58. The zero-order valence-electron chi connectivity index (χ0n) is 16.0. The molecule has 156 valence electrons. The number of piperidine rings is 1. The Morgan fingerprint density at radius 3 is 2.66 bits per heavy atom. The van der Waals surface area contributed by atoms with Crippen molar-refractivity contribution in [3.8, 4) is 0 Å². The molecule has 2 unspecified atom stereocenters. The summed E-state index contributed by atoms with van der Waals surface area (Å²) in [5, 5.41) is 16.1. The molecule has 1 saturated heterocycles. The predicted octanol–water partition coefficient (Wildman–Crippen LogP) is 3.24. The summed E-state index contributed by atoms with van der Waals surface area (Å²) in [6.07, 6.45) is 4.54. The molecule has 3 saturated carbocycles. The monoisotopic (exact) mass is 465 g/mol. The molecule has 3 N–H and O–H groups in total. The second-order valence-corrected chi connectivity index (χ2v) is 9.97. The molecule has 29 heavy (non-hydrogen) atoms. The minimum atomic E-state index is -1.04. The molecule has 0 radical (unpaired) electrons. The number of carboxylic acids is 1. The first kappa shape index (κ1) is 19.4. The van der Waals surface area contributed by atoms with Gasteiger partial charge in [-0.15, -0.1) is 0 Å². The van der Waals surface area contributed by atoms with Gasteiger partial charge in [0, 0.05) is 6.54 Å². The number of pyridine rings is 1. The van der Waals surface area contributed by atoms with Crippen LogP contribution in [0.25, 0.3) is 0 Å². The van der Waals surface area contributed by atoms with E-state index in [0.717, 1.165) is 32.2 Å². The van der Waals surface area contributed by atoms with Gasteiger partial charge in [0.15, 0.2) is 0 Å². The molecular formula is C21H25BrFN3O3. The van der Waals surface area contributed by atoms with E-state index in [-0.39, 0.29) is 29.7 Å². The molecule has 2 heterocycles. The predicted molar refractivity (Wildman–Crippen MR) is 108 cm³/mol. The Kier molecular flexibility index (Phi) is 4.51. The highest BCUT2D eigenvalue weighted by Crippen LogP contribution is 2.83. The number of hydrogen-bond acceptors (Lipinski definition) is 4. The molecule has 1 aromatic rings. The molecular weight excluding hydrogens is 441 g/mol. The van der Waals surface area contributed by atoms with Crippen LogP contribution in [0.5, 0.6) is 0 Å². The minimum Gasteiger partial charge on any atom is -0.481 e. The molecule has 1 aliphatic heterocycles. The van der Waals surface area contributed by atoms with Crippen LogP contribution in [0, 0.1) is 34.5 Å². The van der Waals surface area contributed by atoms with Crippen molar-refractivity contribution in [3.63, 3.8) is 0 Å². The SMILES string of the molecule is O=C(O)[C@@H]1[C@H]2CC[C@@](C3CCNCC3F)([C@@H]1C(=O)Nc1ccc(Br)nc1)C21CC1. The maximum absolute atomic E-state index is 15.2. The molecule has 6 nitrogen and oxygen atoms in total. The van der Waals surface area contributed by atoms with E-state index in [4.69, 9.17) is 0 Å². The van der Waals surface area contributed by atoms with E-state index in [1.165, 1.54) is 0 Å². The average molecular weight is 466 g/mol. The molecule has 4 fully saturated rings. The number of carboxylic acid groups (broad SMARTS) is 1. The van der Waals surface area contributed by atoms with E-state index in [2.05, 4.69) is 31.5 Å². The number of aromatic nitrogens is 1. The Bertz CT molecular complexity index is 846. The van der Waals surface area contributed by atoms with Crippen molar-refractivity contribution >= 4 is 33.5 Å². The fraction of sp³-hybridized carbons (Fsp3) is 0.667. The molecule has 8 heteroatoms. The van der Waals surface area contributed by atoms with Gasteiger partial charge in [0.2, 0.25) is 5.91 Å². The van der Waals surface area contributed by atoms with E-state index < -0.39 is 29.4 Å². The van der Waals surface area contributed by atoms with Crippen LogP contribution >= 0.6 is 15.9 Å².